The molecule has 0 radical (unpaired) electrons. The van der Waals surface area contributed by atoms with E-state index >= 15 is 0 Å². The molecular formula is C16H18N2O3. The fraction of sp³-hybridized carbons (Fsp3) is 0.375. The Bertz CT molecular complexity index is 677. The lowest BCUT2D eigenvalue weighted by atomic mass is 9.97. The number of piperidine rings is 1. The van der Waals surface area contributed by atoms with E-state index in [2.05, 4.69) is 4.98 Å². The highest BCUT2D eigenvalue weighted by Gasteiger charge is 2.29. The van der Waals surface area contributed by atoms with Crippen LogP contribution in [0.5, 0.6) is 0 Å². The Labute approximate surface area is 122 Å². The van der Waals surface area contributed by atoms with Gasteiger partial charge in [-0.05, 0) is 36.4 Å². The summed E-state index contributed by atoms with van der Waals surface area (Å²) in [5, 5.41) is 1.08. The molecule has 21 heavy (non-hydrogen) atoms. The van der Waals surface area contributed by atoms with Gasteiger partial charge in [0.1, 0.15) is 0 Å². The Morgan fingerprint density at radius 2 is 2.19 bits per heavy atom. The summed E-state index contributed by atoms with van der Waals surface area (Å²) in [5.74, 6) is -0.464. The van der Waals surface area contributed by atoms with E-state index in [1.807, 2.05) is 30.5 Å². The van der Waals surface area contributed by atoms with Gasteiger partial charge >= 0.3 is 5.97 Å². The fourth-order valence-corrected chi connectivity index (χ4v) is 2.88. The zero-order chi connectivity index (χ0) is 14.8. The van der Waals surface area contributed by atoms with Crippen LogP contribution in [-0.2, 0) is 9.53 Å². The normalized spacial score (nSPS) is 18.7. The molecule has 2 heterocycles. The summed E-state index contributed by atoms with van der Waals surface area (Å²) >= 11 is 0. The van der Waals surface area contributed by atoms with Crippen molar-refractivity contribution < 1.29 is 14.3 Å². The van der Waals surface area contributed by atoms with Crippen LogP contribution in [0.2, 0.25) is 0 Å². The summed E-state index contributed by atoms with van der Waals surface area (Å²) in [6.07, 6.45) is 3.47. The SMILES string of the molecule is COC(=O)C1CCCN(C(=O)c2ccc3cc[nH]c3c2)C1. The molecule has 0 bridgehead atoms. The van der Waals surface area contributed by atoms with Crippen LogP contribution in [0.1, 0.15) is 23.2 Å². The molecule has 1 unspecified atom stereocenters. The minimum absolute atomic E-state index is 0.0277. The van der Waals surface area contributed by atoms with E-state index in [0.717, 1.165) is 23.7 Å². The number of esters is 1. The van der Waals surface area contributed by atoms with Crippen molar-refractivity contribution in [3.05, 3.63) is 36.0 Å². The molecule has 1 aromatic carbocycles. The van der Waals surface area contributed by atoms with Crippen molar-refractivity contribution in [2.24, 2.45) is 5.92 Å². The van der Waals surface area contributed by atoms with Crippen molar-refractivity contribution in [2.45, 2.75) is 12.8 Å². The Kier molecular flexibility index (Phi) is 3.64. The number of nitrogens with one attached hydrogen (secondary N) is 1. The average Bonchev–Trinajstić information content (AvgIpc) is 3.01. The predicted molar refractivity (Wildman–Crippen MR) is 78.9 cm³/mol. The molecule has 0 aliphatic carbocycles. The van der Waals surface area contributed by atoms with Crippen LogP contribution in [-0.4, -0.2) is 42.0 Å². The van der Waals surface area contributed by atoms with Gasteiger partial charge in [0.05, 0.1) is 13.0 Å². The summed E-state index contributed by atoms with van der Waals surface area (Å²) in [4.78, 5) is 29.1. The first-order chi connectivity index (χ1) is 10.2. The number of rotatable bonds is 2. The van der Waals surface area contributed by atoms with Gasteiger partial charge in [0.2, 0.25) is 0 Å². The van der Waals surface area contributed by atoms with Crippen molar-refractivity contribution in [2.75, 3.05) is 20.2 Å². The second-order valence-electron chi connectivity index (χ2n) is 5.39. The van der Waals surface area contributed by atoms with E-state index in [0.29, 0.717) is 18.7 Å². The highest BCUT2D eigenvalue weighted by Crippen LogP contribution is 2.21. The average molecular weight is 286 g/mol. The van der Waals surface area contributed by atoms with E-state index in [-0.39, 0.29) is 17.8 Å². The number of carbonyl (C=O) groups is 2. The lowest BCUT2D eigenvalue weighted by Crippen LogP contribution is -2.42. The maximum Gasteiger partial charge on any atom is 0.310 e. The van der Waals surface area contributed by atoms with Gasteiger partial charge in [-0.3, -0.25) is 9.59 Å². The number of hydrogen-bond acceptors (Lipinski definition) is 3. The van der Waals surface area contributed by atoms with Gasteiger partial charge in [-0.15, -0.1) is 0 Å². The summed E-state index contributed by atoms with van der Waals surface area (Å²) in [5.41, 5.74) is 1.60. The molecule has 110 valence electrons. The number of fused-ring (bicyclic) bond motifs is 1. The van der Waals surface area contributed by atoms with E-state index < -0.39 is 0 Å². The topological polar surface area (TPSA) is 62.4 Å². The first-order valence-corrected chi connectivity index (χ1v) is 7.13. The molecule has 1 saturated heterocycles. The van der Waals surface area contributed by atoms with Crippen molar-refractivity contribution in [3.63, 3.8) is 0 Å². The monoisotopic (exact) mass is 286 g/mol. The van der Waals surface area contributed by atoms with Crippen LogP contribution in [0.3, 0.4) is 0 Å². The lowest BCUT2D eigenvalue weighted by Gasteiger charge is -2.31. The van der Waals surface area contributed by atoms with Crippen LogP contribution >= 0.6 is 0 Å². The third kappa shape index (κ3) is 2.63. The van der Waals surface area contributed by atoms with Crippen LogP contribution in [0.15, 0.2) is 30.5 Å². The molecule has 1 fully saturated rings. The number of nitrogens with zero attached hydrogens (tertiary/aromatic N) is 1. The van der Waals surface area contributed by atoms with Crippen molar-refractivity contribution in [3.8, 4) is 0 Å². The number of likely N-dealkylation sites (tertiary alicyclic amines) is 1. The van der Waals surface area contributed by atoms with Gasteiger partial charge in [0.15, 0.2) is 0 Å². The fourth-order valence-electron chi connectivity index (χ4n) is 2.88. The Morgan fingerprint density at radius 1 is 1.33 bits per heavy atom. The third-order valence-electron chi connectivity index (χ3n) is 4.05. The van der Waals surface area contributed by atoms with Gasteiger partial charge in [0.25, 0.3) is 5.91 Å². The zero-order valence-corrected chi connectivity index (χ0v) is 12.0. The lowest BCUT2D eigenvalue weighted by molar-refractivity contribution is -0.146. The maximum absolute atomic E-state index is 12.6. The van der Waals surface area contributed by atoms with Crippen LogP contribution in [0.25, 0.3) is 10.9 Å². The zero-order valence-electron chi connectivity index (χ0n) is 12.0. The molecule has 1 amide bonds. The van der Waals surface area contributed by atoms with Crippen molar-refractivity contribution >= 4 is 22.8 Å². The number of ether oxygens (including phenoxy) is 1. The summed E-state index contributed by atoms with van der Waals surface area (Å²) in [6.45, 7) is 1.13. The highest BCUT2D eigenvalue weighted by atomic mass is 16.5. The van der Waals surface area contributed by atoms with E-state index in [4.69, 9.17) is 4.74 Å². The molecule has 5 heteroatoms. The first kappa shape index (κ1) is 13.7. The van der Waals surface area contributed by atoms with Crippen LogP contribution in [0, 0.1) is 5.92 Å². The van der Waals surface area contributed by atoms with Gasteiger partial charge < -0.3 is 14.6 Å². The Hall–Kier alpha value is -2.30. The number of hydrogen-bond donors (Lipinski definition) is 1. The first-order valence-electron chi connectivity index (χ1n) is 7.13. The van der Waals surface area contributed by atoms with E-state index in [1.165, 1.54) is 7.11 Å². The largest absolute Gasteiger partial charge is 0.469 e. The number of aromatic nitrogens is 1. The maximum atomic E-state index is 12.6. The molecular weight excluding hydrogens is 268 g/mol. The number of amides is 1. The number of H-pyrrole nitrogens is 1. The van der Waals surface area contributed by atoms with Crippen molar-refractivity contribution in [1.82, 2.24) is 9.88 Å². The minimum atomic E-state index is -0.229. The number of methoxy groups -OCH3 is 1. The van der Waals surface area contributed by atoms with E-state index in [1.54, 1.807) is 4.90 Å². The molecule has 2 aromatic rings. The highest BCUT2D eigenvalue weighted by molar-refractivity contribution is 5.98. The molecule has 0 saturated carbocycles. The predicted octanol–water partition coefficient (Wildman–Crippen LogP) is 2.19. The third-order valence-corrected chi connectivity index (χ3v) is 4.05. The molecule has 1 aliphatic heterocycles. The van der Waals surface area contributed by atoms with Crippen LogP contribution in [0.4, 0.5) is 0 Å². The second-order valence-corrected chi connectivity index (χ2v) is 5.39. The van der Waals surface area contributed by atoms with Crippen LogP contribution < -0.4 is 0 Å². The molecule has 1 aliphatic rings. The molecule has 3 rings (SSSR count). The molecule has 1 N–H and O–H groups in total. The summed E-state index contributed by atoms with van der Waals surface area (Å²) in [7, 11) is 1.39. The van der Waals surface area contributed by atoms with Gasteiger partial charge in [-0.2, -0.15) is 0 Å². The molecule has 5 nitrogen and oxygen atoms in total. The number of aromatic amines is 1. The summed E-state index contributed by atoms with van der Waals surface area (Å²) < 4.78 is 4.79. The minimum Gasteiger partial charge on any atom is -0.469 e. The van der Waals surface area contributed by atoms with Gasteiger partial charge in [-0.25, -0.2) is 0 Å². The Morgan fingerprint density at radius 3 is 3.00 bits per heavy atom. The smallest absolute Gasteiger partial charge is 0.310 e. The van der Waals surface area contributed by atoms with Gasteiger partial charge in [-0.1, -0.05) is 6.07 Å². The van der Waals surface area contributed by atoms with E-state index in [9.17, 15) is 9.59 Å². The standard InChI is InChI=1S/C16H18N2O3/c1-21-16(20)13-3-2-8-18(10-13)15(19)12-5-4-11-6-7-17-14(11)9-12/h4-7,9,13,17H,2-3,8,10H2,1H3. The number of carbonyl (C=O) groups excluding carboxylic acids is 2. The molecule has 1 atom stereocenters. The molecule has 0 spiro atoms. The van der Waals surface area contributed by atoms with Crippen molar-refractivity contribution in [1.29, 1.82) is 0 Å². The van der Waals surface area contributed by atoms with Gasteiger partial charge in [0, 0.05) is 30.4 Å². The summed E-state index contributed by atoms with van der Waals surface area (Å²) in [6, 6.07) is 7.60. The quantitative estimate of drug-likeness (QED) is 0.861. The second kappa shape index (κ2) is 5.60. The Balaban J connectivity index is 1.78. The number of benzene rings is 1. The molecule has 1 aromatic heterocycles.